The first-order chi connectivity index (χ1) is 26.1. The van der Waals surface area contributed by atoms with Gasteiger partial charge in [0.1, 0.15) is 23.1 Å². The van der Waals surface area contributed by atoms with Crippen LogP contribution in [0, 0.1) is 34.9 Å². The van der Waals surface area contributed by atoms with E-state index in [1.165, 1.54) is 38.4 Å². The summed E-state index contributed by atoms with van der Waals surface area (Å²) in [5.74, 6) is -6.64. The van der Waals surface area contributed by atoms with Crippen molar-refractivity contribution >= 4 is 58.6 Å². The molecule has 4 aromatic carbocycles. The Kier molecular flexibility index (Phi) is 16.2. The molecule has 4 aromatic rings. The Labute approximate surface area is 326 Å². The van der Waals surface area contributed by atoms with Gasteiger partial charge >= 0.3 is 11.4 Å². The lowest BCUT2D eigenvalue weighted by atomic mass is 9.96. The van der Waals surface area contributed by atoms with Gasteiger partial charge in [-0.25, -0.2) is 31.1 Å². The van der Waals surface area contributed by atoms with Crippen molar-refractivity contribution in [3.8, 4) is 11.5 Å². The van der Waals surface area contributed by atoms with Crippen LogP contribution in [0.1, 0.15) is 56.8 Å². The predicted octanol–water partition coefficient (Wildman–Crippen LogP) is 7.23. The molecule has 6 rings (SSSR count). The quantitative estimate of drug-likeness (QED) is 0.0700. The molecule has 0 saturated heterocycles. The van der Waals surface area contributed by atoms with Crippen molar-refractivity contribution < 1.29 is 55.0 Å². The third kappa shape index (κ3) is 11.2. The van der Waals surface area contributed by atoms with Crippen molar-refractivity contribution in [1.82, 2.24) is 16.0 Å². The van der Waals surface area contributed by atoms with E-state index in [9.17, 15) is 45.5 Å². The average Bonchev–Trinajstić information content (AvgIpc) is 3.15. The molecule has 0 saturated carbocycles. The molecule has 2 heterocycles. The van der Waals surface area contributed by atoms with Gasteiger partial charge in [-0.15, -0.1) is 12.4 Å². The summed E-state index contributed by atoms with van der Waals surface area (Å²) in [4.78, 5) is 45.9. The van der Waals surface area contributed by atoms with Crippen LogP contribution < -0.4 is 41.8 Å². The normalized spacial score (nSPS) is 14.8. The van der Waals surface area contributed by atoms with E-state index in [0.29, 0.717) is 12.8 Å². The Morgan fingerprint density at radius 3 is 1.52 bits per heavy atom. The van der Waals surface area contributed by atoms with E-state index in [0.717, 1.165) is 36.4 Å². The first-order valence-electron chi connectivity index (χ1n) is 16.2. The zero-order valence-corrected chi connectivity index (χ0v) is 30.9. The van der Waals surface area contributed by atoms with Crippen molar-refractivity contribution in [3.63, 3.8) is 0 Å². The van der Waals surface area contributed by atoms with Gasteiger partial charge in [0.2, 0.25) is 0 Å². The van der Waals surface area contributed by atoms with E-state index in [1.807, 2.05) is 0 Å². The number of fused-ring (bicyclic) bond motifs is 2. The summed E-state index contributed by atoms with van der Waals surface area (Å²) in [5.41, 5.74) is 6.28. The molecule has 2 aliphatic rings. The van der Waals surface area contributed by atoms with Crippen molar-refractivity contribution in [2.45, 2.75) is 24.9 Å². The largest absolute Gasteiger partial charge is 0.492 e. The van der Waals surface area contributed by atoms with Crippen molar-refractivity contribution in [3.05, 3.63) is 118 Å². The molecule has 12 nitrogen and oxygen atoms in total. The number of anilines is 2. The number of carbonyl (C=O) groups excluding carboxylic acids is 4. The number of benzene rings is 4. The van der Waals surface area contributed by atoms with Crippen LogP contribution in [-0.4, -0.2) is 50.5 Å². The summed E-state index contributed by atoms with van der Waals surface area (Å²) in [6, 6.07) is 8.87. The second-order valence-corrected chi connectivity index (χ2v) is 11.9. The molecule has 0 aliphatic carbocycles. The summed E-state index contributed by atoms with van der Waals surface area (Å²) in [7, 11) is 2.90. The maximum atomic E-state index is 14.4. The van der Waals surface area contributed by atoms with Crippen LogP contribution >= 0.6 is 24.0 Å². The van der Waals surface area contributed by atoms with E-state index in [4.69, 9.17) is 26.8 Å². The van der Waals surface area contributed by atoms with Crippen LogP contribution in [0.2, 0.25) is 0 Å². The molecule has 0 fully saturated rings. The van der Waals surface area contributed by atoms with Crippen LogP contribution in [0.5, 0.6) is 11.5 Å². The van der Waals surface area contributed by atoms with Gasteiger partial charge in [-0.3, -0.25) is 14.4 Å². The number of amides is 5. The Balaban J connectivity index is 0.000000266. The molecule has 0 bridgehead atoms. The lowest BCUT2D eigenvalue weighted by Crippen LogP contribution is -2.38. The molecule has 20 heteroatoms. The lowest BCUT2D eigenvalue weighted by molar-refractivity contribution is 0.101. The Hall–Kier alpha value is -5.72. The van der Waals surface area contributed by atoms with E-state index < -0.39 is 70.2 Å². The predicted molar refractivity (Wildman–Crippen MR) is 196 cm³/mol. The molecular weight excluding hydrogens is 797 g/mol. The molecule has 0 spiro atoms. The first kappa shape index (κ1) is 44.7. The van der Waals surface area contributed by atoms with Crippen LogP contribution in [0.3, 0.4) is 0 Å². The van der Waals surface area contributed by atoms with Crippen LogP contribution in [-0.2, 0) is 0 Å². The van der Waals surface area contributed by atoms with Crippen LogP contribution in [0.4, 0.5) is 47.3 Å². The fourth-order valence-corrected chi connectivity index (χ4v) is 5.26. The number of halogens is 8. The number of ether oxygens (including phenoxy) is 2. The van der Waals surface area contributed by atoms with Gasteiger partial charge < -0.3 is 41.8 Å². The molecule has 5 amide bonds. The monoisotopic (exact) mass is 830 g/mol. The van der Waals surface area contributed by atoms with Gasteiger partial charge in [-0.05, 0) is 60.1 Å². The zero-order valence-electron chi connectivity index (χ0n) is 29.3. The number of nitrogens with one attached hydrogen (secondary N) is 5. The Morgan fingerprint density at radius 1 is 0.643 bits per heavy atom. The maximum absolute atomic E-state index is 14.4. The van der Waals surface area contributed by atoms with Crippen LogP contribution in [0.15, 0.2) is 60.7 Å². The fraction of sp³-hybridized carbons (Fsp3) is 0.222. The van der Waals surface area contributed by atoms with E-state index in [1.54, 1.807) is 0 Å². The molecule has 2 aliphatic heterocycles. The first-order valence-corrected chi connectivity index (χ1v) is 16.6. The van der Waals surface area contributed by atoms with Crippen molar-refractivity contribution in [2.24, 2.45) is 5.73 Å². The maximum Gasteiger partial charge on any atom is 0.315 e. The molecule has 300 valence electrons. The summed E-state index contributed by atoms with van der Waals surface area (Å²) in [5, 5.41) is 11.5. The standard InChI is InChI=1S/C18H16F3N3O3.C16H13F3N2O2.C2H4ClNO.ClH/c1-22-18(26)24-14-6-7-27-16-10(3-5-12(20)15(14)16)17(25)23-9-2-4-11(19)13(21)8-9;17-10-3-1-8(7-12(10)19)21-16(22)9-2-4-11(18)14-13(20)5-6-23-15(9)14;1-4-2(3)5;/h2-5,8,14H,6-7H2,1H3,(H,23,25)(H2,22,24,26);1-4,7,13H,5-6,20H2,(H,21,22);1H3,(H,4,5);1H. The molecular formula is C36H34Cl2F6N6O6. The SMILES string of the molecule is CNC(=O)Cl.CNC(=O)NC1CCOc2c(C(=O)Nc3ccc(F)c(F)c3)ccc(F)c21.Cl.NC1CCOc2c(C(=O)Nc3ccc(F)c(F)c3)ccc(F)c21. The van der Waals surface area contributed by atoms with Gasteiger partial charge in [0, 0.05) is 62.0 Å². The smallest absolute Gasteiger partial charge is 0.315 e. The third-order valence-corrected chi connectivity index (χ3v) is 8.10. The highest BCUT2D eigenvalue weighted by Crippen LogP contribution is 2.38. The average molecular weight is 832 g/mol. The molecule has 0 aromatic heterocycles. The molecule has 2 atom stereocenters. The van der Waals surface area contributed by atoms with Gasteiger partial charge in [0.25, 0.3) is 11.8 Å². The summed E-state index contributed by atoms with van der Waals surface area (Å²) in [6.07, 6.45) is 0.768. The second kappa shape index (κ2) is 20.3. The van der Waals surface area contributed by atoms with Crippen LogP contribution in [0.25, 0.3) is 0 Å². The van der Waals surface area contributed by atoms with Gasteiger partial charge in [-0.1, -0.05) is 0 Å². The van der Waals surface area contributed by atoms with Gasteiger partial charge in [0.05, 0.1) is 35.9 Å². The number of hydrogen-bond acceptors (Lipinski definition) is 7. The zero-order chi connectivity index (χ0) is 40.4. The number of urea groups is 1. The Bertz CT molecular complexity index is 2100. The van der Waals surface area contributed by atoms with Crippen molar-refractivity contribution in [2.75, 3.05) is 37.9 Å². The Morgan fingerprint density at radius 2 is 1.07 bits per heavy atom. The number of carbonyl (C=O) groups is 4. The highest BCUT2D eigenvalue weighted by Gasteiger charge is 2.31. The molecule has 7 N–H and O–H groups in total. The molecule has 0 radical (unpaired) electrons. The second-order valence-electron chi connectivity index (χ2n) is 11.5. The third-order valence-electron chi connectivity index (χ3n) is 7.91. The topological polar surface area (TPSA) is 173 Å². The van der Waals surface area contributed by atoms with Gasteiger partial charge in [-0.2, -0.15) is 0 Å². The summed E-state index contributed by atoms with van der Waals surface area (Å²) in [6.45, 7) is 0.430. The van der Waals surface area contributed by atoms with E-state index >= 15 is 0 Å². The summed E-state index contributed by atoms with van der Waals surface area (Å²) < 4.78 is 91.6. The molecule has 2 unspecified atom stereocenters. The highest BCUT2D eigenvalue weighted by atomic mass is 35.5. The minimum atomic E-state index is -1.11. The number of rotatable bonds is 5. The summed E-state index contributed by atoms with van der Waals surface area (Å²) >= 11 is 4.71. The lowest BCUT2D eigenvalue weighted by Gasteiger charge is -2.28. The minimum absolute atomic E-state index is 0. The highest BCUT2D eigenvalue weighted by molar-refractivity contribution is 6.62. The van der Waals surface area contributed by atoms with E-state index in [-0.39, 0.29) is 70.7 Å². The van der Waals surface area contributed by atoms with E-state index in [2.05, 4.69) is 26.6 Å². The van der Waals surface area contributed by atoms with Crippen molar-refractivity contribution in [1.29, 1.82) is 0 Å². The fourth-order valence-electron chi connectivity index (χ4n) is 5.26. The minimum Gasteiger partial charge on any atom is -0.492 e. The van der Waals surface area contributed by atoms with Gasteiger partial charge in [0.15, 0.2) is 23.3 Å². The number of nitrogens with two attached hydrogens (primary N) is 1. The number of hydrogen-bond donors (Lipinski definition) is 6. The molecule has 56 heavy (non-hydrogen) atoms.